The molecule has 0 radical (unpaired) electrons. The molecule has 1 N–H and O–H groups in total. The summed E-state index contributed by atoms with van der Waals surface area (Å²) in [6.07, 6.45) is 7.28. The predicted octanol–water partition coefficient (Wildman–Crippen LogP) is 3.66. The minimum absolute atomic E-state index is 0.231. The molecule has 180 valence electrons. The van der Waals surface area contributed by atoms with Gasteiger partial charge in [0, 0.05) is 37.8 Å². The maximum Gasteiger partial charge on any atom is 0.247 e. The van der Waals surface area contributed by atoms with Gasteiger partial charge in [-0.05, 0) is 79.5 Å². The lowest BCUT2D eigenvalue weighted by atomic mass is 9.90. The molecule has 5 rings (SSSR count). The third kappa shape index (κ3) is 4.14. The van der Waals surface area contributed by atoms with Gasteiger partial charge in [0.1, 0.15) is 6.04 Å². The maximum absolute atomic E-state index is 13.4. The Morgan fingerprint density at radius 1 is 0.941 bits per heavy atom. The van der Waals surface area contributed by atoms with E-state index in [1.165, 1.54) is 23.0 Å². The second kappa shape index (κ2) is 9.15. The summed E-state index contributed by atoms with van der Waals surface area (Å²) in [5, 5.41) is 3.07. The first-order valence-electron chi connectivity index (χ1n) is 12.2. The highest BCUT2D eigenvalue weighted by Gasteiger charge is 2.38. The van der Waals surface area contributed by atoms with Crippen LogP contribution in [-0.2, 0) is 38.9 Å². The normalized spacial score (nSPS) is 20.5. The summed E-state index contributed by atoms with van der Waals surface area (Å²) in [4.78, 5) is 27.7. The van der Waals surface area contributed by atoms with Crippen molar-refractivity contribution in [2.45, 2.75) is 69.2 Å². The van der Waals surface area contributed by atoms with Crippen molar-refractivity contribution in [3.63, 3.8) is 0 Å². The highest BCUT2D eigenvalue weighted by molar-refractivity contribution is 7.89. The van der Waals surface area contributed by atoms with Gasteiger partial charge < -0.3 is 5.32 Å². The third-order valence-corrected chi connectivity index (χ3v) is 9.18. The zero-order chi connectivity index (χ0) is 23.9. The summed E-state index contributed by atoms with van der Waals surface area (Å²) in [7, 11) is -3.59. The number of carbonyl (C=O) groups excluding carboxylic acids is 2. The number of benzene rings is 2. The quantitative estimate of drug-likeness (QED) is 0.722. The maximum atomic E-state index is 13.4. The Kier molecular flexibility index (Phi) is 6.20. The number of piperidine rings is 1. The van der Waals surface area contributed by atoms with E-state index >= 15 is 0 Å². The van der Waals surface area contributed by atoms with E-state index in [1.54, 1.807) is 22.5 Å². The molecule has 1 unspecified atom stereocenters. The minimum atomic E-state index is -3.59. The van der Waals surface area contributed by atoms with E-state index in [9.17, 15) is 18.0 Å². The van der Waals surface area contributed by atoms with Gasteiger partial charge in [-0.15, -0.1) is 0 Å². The van der Waals surface area contributed by atoms with Crippen molar-refractivity contribution in [2.75, 3.05) is 23.3 Å². The fourth-order valence-corrected chi connectivity index (χ4v) is 7.12. The lowest BCUT2D eigenvalue weighted by Gasteiger charge is -2.26. The van der Waals surface area contributed by atoms with E-state index in [-0.39, 0.29) is 16.7 Å². The van der Waals surface area contributed by atoms with Crippen molar-refractivity contribution >= 4 is 33.2 Å². The highest BCUT2D eigenvalue weighted by atomic mass is 32.2. The van der Waals surface area contributed by atoms with Crippen LogP contribution < -0.4 is 10.2 Å². The van der Waals surface area contributed by atoms with Crippen molar-refractivity contribution in [3.05, 3.63) is 53.1 Å². The number of fused-ring (bicyclic) bond motifs is 2. The van der Waals surface area contributed by atoms with E-state index in [0.717, 1.165) is 50.6 Å². The summed E-state index contributed by atoms with van der Waals surface area (Å²) in [5.41, 5.74) is 4.59. The largest absolute Gasteiger partial charge is 0.324 e. The number of amides is 2. The minimum Gasteiger partial charge on any atom is -0.324 e. The van der Waals surface area contributed by atoms with E-state index in [2.05, 4.69) is 11.4 Å². The van der Waals surface area contributed by atoms with Crippen LogP contribution in [0.1, 0.15) is 55.7 Å². The highest BCUT2D eigenvalue weighted by Crippen LogP contribution is 2.36. The van der Waals surface area contributed by atoms with Gasteiger partial charge in [-0.3, -0.25) is 14.5 Å². The molecule has 2 aromatic rings. The average Bonchev–Trinajstić information content (AvgIpc) is 3.24. The Balaban J connectivity index is 1.41. The van der Waals surface area contributed by atoms with E-state index in [0.29, 0.717) is 30.8 Å². The van der Waals surface area contributed by atoms with Crippen LogP contribution in [0.5, 0.6) is 0 Å². The van der Waals surface area contributed by atoms with Crippen molar-refractivity contribution in [1.29, 1.82) is 0 Å². The Hall–Kier alpha value is -2.71. The smallest absolute Gasteiger partial charge is 0.247 e. The lowest BCUT2D eigenvalue weighted by Crippen LogP contribution is -2.44. The number of anilines is 2. The molecule has 1 saturated heterocycles. The molecular weight excluding hydrogens is 450 g/mol. The zero-order valence-electron chi connectivity index (χ0n) is 19.5. The van der Waals surface area contributed by atoms with Gasteiger partial charge in [0.2, 0.25) is 21.8 Å². The van der Waals surface area contributed by atoms with Crippen molar-refractivity contribution in [3.8, 4) is 0 Å². The number of nitrogens with one attached hydrogen (secondary N) is 1. The standard InChI is InChI=1S/C26H31N3O4S/c1-18(30)29-24-13-12-21(34(32,33)28-14-5-2-6-15-28)16-20(24)17-25(29)26(31)27-23-11-7-9-19-8-3-4-10-22(19)23/h7,9,11-13,16,25H,2-6,8,10,14-15,17H2,1H3,(H,27,31). The van der Waals surface area contributed by atoms with Crippen LogP contribution in [-0.4, -0.2) is 43.7 Å². The molecule has 2 aromatic carbocycles. The van der Waals surface area contributed by atoms with Crippen LogP contribution in [0.25, 0.3) is 0 Å². The van der Waals surface area contributed by atoms with Gasteiger partial charge in [-0.25, -0.2) is 8.42 Å². The van der Waals surface area contributed by atoms with Gasteiger partial charge in [-0.2, -0.15) is 4.31 Å². The van der Waals surface area contributed by atoms with Crippen LogP contribution in [0.3, 0.4) is 0 Å². The van der Waals surface area contributed by atoms with Gasteiger partial charge in [0.15, 0.2) is 0 Å². The van der Waals surface area contributed by atoms with E-state index in [4.69, 9.17) is 0 Å². The molecule has 3 aliphatic rings. The summed E-state index contributed by atoms with van der Waals surface area (Å²) in [6.45, 7) is 2.51. The second-order valence-electron chi connectivity index (χ2n) is 9.50. The van der Waals surface area contributed by atoms with E-state index in [1.807, 2.05) is 12.1 Å². The predicted molar refractivity (Wildman–Crippen MR) is 131 cm³/mol. The van der Waals surface area contributed by atoms with Crippen LogP contribution in [0.4, 0.5) is 11.4 Å². The first kappa shape index (κ1) is 23.1. The first-order valence-corrected chi connectivity index (χ1v) is 13.6. The van der Waals surface area contributed by atoms with Crippen LogP contribution in [0, 0.1) is 0 Å². The van der Waals surface area contributed by atoms with Gasteiger partial charge >= 0.3 is 0 Å². The van der Waals surface area contributed by atoms with Crippen LogP contribution in [0.2, 0.25) is 0 Å². The number of carbonyl (C=O) groups is 2. The third-order valence-electron chi connectivity index (χ3n) is 7.28. The molecule has 2 aliphatic heterocycles. The van der Waals surface area contributed by atoms with Gasteiger partial charge in [-0.1, -0.05) is 18.6 Å². The number of rotatable bonds is 4. The number of sulfonamides is 1. The summed E-state index contributed by atoms with van der Waals surface area (Å²) in [6, 6.07) is 10.2. The molecule has 0 spiro atoms. The molecule has 1 aliphatic carbocycles. The number of hydrogen-bond donors (Lipinski definition) is 1. The van der Waals surface area contributed by atoms with Gasteiger partial charge in [0.25, 0.3) is 0 Å². The molecule has 0 bridgehead atoms. The SMILES string of the molecule is CC(=O)N1c2ccc(S(=O)(=O)N3CCCCC3)cc2CC1C(=O)Nc1cccc2c1CCCC2. The van der Waals surface area contributed by atoms with Crippen molar-refractivity contribution in [2.24, 2.45) is 0 Å². The Morgan fingerprint density at radius 3 is 2.47 bits per heavy atom. The molecule has 0 aromatic heterocycles. The molecule has 8 heteroatoms. The number of nitrogens with zero attached hydrogens (tertiary/aromatic N) is 2. The molecule has 2 amide bonds. The van der Waals surface area contributed by atoms with E-state index < -0.39 is 16.1 Å². The number of hydrogen-bond acceptors (Lipinski definition) is 4. The van der Waals surface area contributed by atoms with Gasteiger partial charge in [0.05, 0.1) is 4.90 Å². The monoisotopic (exact) mass is 481 g/mol. The molecule has 1 fully saturated rings. The Bertz CT molecular complexity index is 1230. The Labute approximate surface area is 201 Å². The molecular formula is C26H31N3O4S. The van der Waals surface area contributed by atoms with Crippen molar-refractivity contribution < 1.29 is 18.0 Å². The summed E-state index contributed by atoms with van der Waals surface area (Å²) < 4.78 is 27.9. The zero-order valence-corrected chi connectivity index (χ0v) is 20.4. The molecule has 2 heterocycles. The van der Waals surface area contributed by atoms with Crippen molar-refractivity contribution in [1.82, 2.24) is 4.31 Å². The van der Waals surface area contributed by atoms with Crippen LogP contribution in [0.15, 0.2) is 41.3 Å². The Morgan fingerprint density at radius 2 is 1.71 bits per heavy atom. The lowest BCUT2D eigenvalue weighted by molar-refractivity contribution is -0.122. The topological polar surface area (TPSA) is 86.8 Å². The fourth-order valence-electron chi connectivity index (χ4n) is 5.56. The summed E-state index contributed by atoms with van der Waals surface area (Å²) in [5.74, 6) is -0.480. The molecule has 0 saturated carbocycles. The van der Waals surface area contributed by atoms with Crippen LogP contribution >= 0.6 is 0 Å². The number of aryl methyl sites for hydroxylation is 1. The fraction of sp³-hybridized carbons (Fsp3) is 0.462. The molecule has 1 atom stereocenters. The summed E-state index contributed by atoms with van der Waals surface area (Å²) >= 11 is 0. The first-order chi connectivity index (χ1) is 16.4. The molecule has 34 heavy (non-hydrogen) atoms. The molecule has 7 nitrogen and oxygen atoms in total. The second-order valence-corrected chi connectivity index (χ2v) is 11.4. The average molecular weight is 482 g/mol.